The van der Waals surface area contributed by atoms with E-state index < -0.39 is 0 Å². The van der Waals surface area contributed by atoms with Crippen LogP contribution in [0.15, 0.2) is 65.6 Å². The van der Waals surface area contributed by atoms with Crippen molar-refractivity contribution in [3.05, 3.63) is 82.1 Å². The molecule has 0 bridgehead atoms. The van der Waals surface area contributed by atoms with Crippen LogP contribution in [0.3, 0.4) is 0 Å². The minimum Gasteiger partial charge on any atom is -0.338 e. The quantitative estimate of drug-likeness (QED) is 0.763. The maximum absolute atomic E-state index is 13.2. The SMILES string of the molecule is CCc1ccc(C2CNCCN2C(=O)Cn2ccc(=O)c3ccccc32)cc1. The van der Waals surface area contributed by atoms with Crippen LogP contribution < -0.4 is 10.7 Å². The summed E-state index contributed by atoms with van der Waals surface area (Å²) in [5, 5.41) is 4.05. The molecular weight excluding hydrogens is 350 g/mol. The van der Waals surface area contributed by atoms with Gasteiger partial charge in [0.2, 0.25) is 5.91 Å². The molecule has 0 spiro atoms. The molecule has 5 nitrogen and oxygen atoms in total. The van der Waals surface area contributed by atoms with Gasteiger partial charge in [0, 0.05) is 37.3 Å². The van der Waals surface area contributed by atoms with Crippen LogP contribution in [0.25, 0.3) is 10.9 Å². The van der Waals surface area contributed by atoms with Crippen LogP contribution in [0.4, 0.5) is 0 Å². The number of aromatic nitrogens is 1. The lowest BCUT2D eigenvalue weighted by Gasteiger charge is -2.37. The minimum absolute atomic E-state index is 0.0182. The lowest BCUT2D eigenvalue weighted by atomic mass is 10.0. The Balaban J connectivity index is 1.61. The Hall–Kier alpha value is -2.92. The highest BCUT2D eigenvalue weighted by Gasteiger charge is 2.28. The number of hydrogen-bond donors (Lipinski definition) is 1. The first-order valence-corrected chi connectivity index (χ1v) is 9.84. The van der Waals surface area contributed by atoms with E-state index in [-0.39, 0.29) is 23.9 Å². The normalized spacial score (nSPS) is 17.0. The van der Waals surface area contributed by atoms with Crippen LogP contribution in [-0.4, -0.2) is 35.0 Å². The molecule has 1 saturated heterocycles. The third-order valence-corrected chi connectivity index (χ3v) is 5.53. The van der Waals surface area contributed by atoms with Gasteiger partial charge in [-0.3, -0.25) is 9.59 Å². The molecule has 4 rings (SSSR count). The molecule has 1 N–H and O–H groups in total. The van der Waals surface area contributed by atoms with E-state index >= 15 is 0 Å². The van der Waals surface area contributed by atoms with E-state index in [2.05, 4.69) is 36.5 Å². The van der Waals surface area contributed by atoms with Crippen molar-refractivity contribution in [1.29, 1.82) is 0 Å². The smallest absolute Gasteiger partial charge is 0.243 e. The van der Waals surface area contributed by atoms with Crippen molar-refractivity contribution in [2.24, 2.45) is 0 Å². The molecule has 28 heavy (non-hydrogen) atoms. The molecule has 3 aromatic rings. The molecule has 5 heteroatoms. The highest BCUT2D eigenvalue weighted by Crippen LogP contribution is 2.23. The van der Waals surface area contributed by atoms with Crippen LogP contribution in [0.1, 0.15) is 24.1 Å². The largest absolute Gasteiger partial charge is 0.338 e. The molecule has 1 aliphatic rings. The standard InChI is InChI=1S/C23H25N3O2/c1-2-17-7-9-18(10-8-17)21-15-24-12-14-26(21)23(28)16-25-13-11-22(27)19-5-3-4-6-20(19)25/h3-11,13,21,24H,2,12,14-16H2,1H3. The summed E-state index contributed by atoms with van der Waals surface area (Å²) >= 11 is 0. The summed E-state index contributed by atoms with van der Waals surface area (Å²) in [6.45, 7) is 4.59. The summed E-state index contributed by atoms with van der Waals surface area (Å²) in [6, 6.07) is 17.5. The third kappa shape index (κ3) is 3.58. The maximum Gasteiger partial charge on any atom is 0.243 e. The monoisotopic (exact) mass is 375 g/mol. The van der Waals surface area contributed by atoms with E-state index in [0.717, 1.165) is 30.6 Å². The summed E-state index contributed by atoms with van der Waals surface area (Å²) in [6.07, 6.45) is 2.72. The number of carbonyl (C=O) groups is 1. The molecule has 2 heterocycles. The Morgan fingerprint density at radius 1 is 1.11 bits per heavy atom. The predicted molar refractivity (Wildman–Crippen MR) is 111 cm³/mol. The number of piperazine rings is 1. The van der Waals surface area contributed by atoms with Gasteiger partial charge in [-0.15, -0.1) is 0 Å². The van der Waals surface area contributed by atoms with Gasteiger partial charge in [-0.05, 0) is 29.7 Å². The van der Waals surface area contributed by atoms with Crippen molar-refractivity contribution >= 4 is 16.8 Å². The van der Waals surface area contributed by atoms with Crippen molar-refractivity contribution in [3.63, 3.8) is 0 Å². The molecule has 1 unspecified atom stereocenters. The third-order valence-electron chi connectivity index (χ3n) is 5.53. The van der Waals surface area contributed by atoms with Gasteiger partial charge >= 0.3 is 0 Å². The second-order valence-electron chi connectivity index (χ2n) is 7.23. The number of nitrogens with zero attached hydrogens (tertiary/aromatic N) is 2. The summed E-state index contributed by atoms with van der Waals surface area (Å²) < 4.78 is 1.87. The van der Waals surface area contributed by atoms with Gasteiger partial charge in [-0.1, -0.05) is 43.3 Å². The van der Waals surface area contributed by atoms with Gasteiger partial charge in [0.15, 0.2) is 5.43 Å². The Morgan fingerprint density at radius 2 is 1.89 bits per heavy atom. The van der Waals surface area contributed by atoms with E-state index in [1.165, 1.54) is 11.6 Å². The lowest BCUT2D eigenvalue weighted by molar-refractivity contribution is -0.135. The molecule has 2 aromatic carbocycles. The predicted octanol–water partition coefficient (Wildman–Crippen LogP) is 2.74. The number of amides is 1. The molecular formula is C23H25N3O2. The van der Waals surface area contributed by atoms with Crippen molar-refractivity contribution in [1.82, 2.24) is 14.8 Å². The fraction of sp³-hybridized carbons (Fsp3) is 0.304. The number of carbonyl (C=O) groups excluding carboxylic acids is 1. The van der Waals surface area contributed by atoms with Crippen LogP contribution >= 0.6 is 0 Å². The number of para-hydroxylation sites is 1. The zero-order chi connectivity index (χ0) is 19.5. The first-order chi connectivity index (χ1) is 13.7. The van der Waals surface area contributed by atoms with Crippen molar-refractivity contribution < 1.29 is 4.79 Å². The minimum atomic E-state index is -0.0182. The van der Waals surface area contributed by atoms with E-state index in [4.69, 9.17) is 0 Å². The number of nitrogens with one attached hydrogen (secondary N) is 1. The number of rotatable bonds is 4. The Morgan fingerprint density at radius 3 is 2.68 bits per heavy atom. The van der Waals surface area contributed by atoms with Gasteiger partial charge < -0.3 is 14.8 Å². The first-order valence-electron chi connectivity index (χ1n) is 9.84. The van der Waals surface area contributed by atoms with Crippen LogP contribution in [0.5, 0.6) is 0 Å². The van der Waals surface area contributed by atoms with E-state index in [1.807, 2.05) is 33.7 Å². The summed E-state index contributed by atoms with van der Waals surface area (Å²) in [5.74, 6) is 0.0693. The second kappa shape index (κ2) is 7.98. The molecule has 1 amide bonds. The van der Waals surface area contributed by atoms with Gasteiger partial charge in [0.1, 0.15) is 6.54 Å². The molecule has 0 saturated carbocycles. The number of aryl methyl sites for hydroxylation is 1. The van der Waals surface area contributed by atoms with Gasteiger partial charge in [-0.25, -0.2) is 0 Å². The van der Waals surface area contributed by atoms with Crippen LogP contribution in [-0.2, 0) is 17.8 Å². The van der Waals surface area contributed by atoms with E-state index in [0.29, 0.717) is 11.9 Å². The Bertz CT molecular complexity index is 1040. The number of pyridine rings is 1. The molecule has 1 fully saturated rings. The summed E-state index contributed by atoms with van der Waals surface area (Å²) in [5.41, 5.74) is 3.23. The number of benzene rings is 2. The fourth-order valence-electron chi connectivity index (χ4n) is 3.91. The summed E-state index contributed by atoms with van der Waals surface area (Å²) in [7, 11) is 0. The molecule has 1 aliphatic heterocycles. The highest BCUT2D eigenvalue weighted by molar-refractivity contribution is 5.82. The zero-order valence-electron chi connectivity index (χ0n) is 16.1. The maximum atomic E-state index is 13.2. The van der Waals surface area contributed by atoms with Crippen molar-refractivity contribution in [2.45, 2.75) is 25.9 Å². The highest BCUT2D eigenvalue weighted by atomic mass is 16.2. The van der Waals surface area contributed by atoms with Gasteiger partial charge in [-0.2, -0.15) is 0 Å². The van der Waals surface area contributed by atoms with Crippen molar-refractivity contribution in [2.75, 3.05) is 19.6 Å². The zero-order valence-corrected chi connectivity index (χ0v) is 16.1. The molecule has 1 atom stereocenters. The molecule has 0 aliphatic carbocycles. The summed E-state index contributed by atoms with van der Waals surface area (Å²) in [4.78, 5) is 27.3. The van der Waals surface area contributed by atoms with E-state index in [9.17, 15) is 9.59 Å². The molecule has 144 valence electrons. The average molecular weight is 375 g/mol. The van der Waals surface area contributed by atoms with Crippen molar-refractivity contribution in [3.8, 4) is 0 Å². The molecule has 0 radical (unpaired) electrons. The topological polar surface area (TPSA) is 54.3 Å². The van der Waals surface area contributed by atoms with Crippen LogP contribution in [0.2, 0.25) is 0 Å². The lowest BCUT2D eigenvalue weighted by Crippen LogP contribution is -2.49. The number of hydrogen-bond acceptors (Lipinski definition) is 3. The molecule has 1 aromatic heterocycles. The van der Waals surface area contributed by atoms with E-state index in [1.54, 1.807) is 6.20 Å². The second-order valence-corrected chi connectivity index (χ2v) is 7.23. The average Bonchev–Trinajstić information content (AvgIpc) is 2.76. The fourth-order valence-corrected chi connectivity index (χ4v) is 3.91. The van der Waals surface area contributed by atoms with Crippen LogP contribution in [0, 0.1) is 0 Å². The van der Waals surface area contributed by atoms with Gasteiger partial charge in [0.25, 0.3) is 0 Å². The van der Waals surface area contributed by atoms with Gasteiger partial charge in [0.05, 0.1) is 11.6 Å². The Kier molecular flexibility index (Phi) is 5.26. The first kappa shape index (κ1) is 18.4. The number of fused-ring (bicyclic) bond motifs is 1. The Labute approximate surface area is 164 Å².